The fourth-order valence-electron chi connectivity index (χ4n) is 5.96. The van der Waals surface area contributed by atoms with Gasteiger partial charge in [0.25, 0.3) is 0 Å². The van der Waals surface area contributed by atoms with Crippen molar-refractivity contribution < 1.29 is 9.90 Å². The monoisotopic (exact) mass is 504 g/mol. The summed E-state index contributed by atoms with van der Waals surface area (Å²) in [6.45, 7) is 7.16. The van der Waals surface area contributed by atoms with Crippen LogP contribution < -0.4 is 16.0 Å². The number of piperazine rings is 1. The Hall–Kier alpha value is -3.13. The number of aryl methyl sites for hydroxylation is 1. The van der Waals surface area contributed by atoms with E-state index in [1.54, 1.807) is 0 Å². The molecule has 2 aromatic rings. The number of carbonyl (C=O) groups excluding carboxylic acids is 1. The van der Waals surface area contributed by atoms with Crippen molar-refractivity contribution in [2.24, 2.45) is 17.6 Å². The van der Waals surface area contributed by atoms with E-state index in [2.05, 4.69) is 41.2 Å². The molecule has 5 rings (SSSR count). The van der Waals surface area contributed by atoms with E-state index < -0.39 is 6.04 Å². The van der Waals surface area contributed by atoms with Gasteiger partial charge in [-0.25, -0.2) is 9.97 Å². The Morgan fingerprint density at radius 1 is 1.11 bits per heavy atom. The van der Waals surface area contributed by atoms with E-state index >= 15 is 0 Å². The molecule has 1 saturated carbocycles. The van der Waals surface area contributed by atoms with Crippen molar-refractivity contribution >= 4 is 28.8 Å². The normalized spacial score (nSPS) is 19.4. The zero-order chi connectivity index (χ0) is 25.9. The third-order valence-electron chi connectivity index (χ3n) is 7.95. The number of nitrogens with one attached hydrogen (secondary N) is 1. The summed E-state index contributed by atoms with van der Waals surface area (Å²) in [5.41, 5.74) is 11.3. The molecule has 198 valence electrons. The van der Waals surface area contributed by atoms with Gasteiger partial charge < -0.3 is 26.0 Å². The first-order chi connectivity index (χ1) is 17.9. The van der Waals surface area contributed by atoms with E-state index in [-0.39, 0.29) is 5.91 Å². The summed E-state index contributed by atoms with van der Waals surface area (Å²) in [7, 11) is 0. The minimum absolute atomic E-state index is 0.0669. The Morgan fingerprint density at radius 2 is 1.81 bits per heavy atom. The zero-order valence-electron chi connectivity index (χ0n) is 22.1. The Morgan fingerprint density at radius 3 is 2.49 bits per heavy atom. The Kier molecular flexibility index (Phi) is 7.65. The van der Waals surface area contributed by atoms with E-state index in [0.717, 1.165) is 67.0 Å². The van der Waals surface area contributed by atoms with Gasteiger partial charge in [0.05, 0.1) is 17.5 Å². The zero-order valence-corrected chi connectivity index (χ0v) is 22.1. The first kappa shape index (κ1) is 25.5. The predicted molar refractivity (Wildman–Crippen MR) is 148 cm³/mol. The molecule has 1 saturated heterocycles. The van der Waals surface area contributed by atoms with Crippen LogP contribution in [0.1, 0.15) is 63.6 Å². The number of aromatic nitrogens is 2. The third kappa shape index (κ3) is 5.74. The number of aliphatic hydroxyl groups excluding tert-OH is 1. The number of hydrogen-bond acceptors (Lipinski definition) is 7. The van der Waals surface area contributed by atoms with Gasteiger partial charge >= 0.3 is 0 Å². The smallest absolute Gasteiger partial charge is 0.239 e. The van der Waals surface area contributed by atoms with Crippen LogP contribution >= 0.6 is 0 Å². The average molecular weight is 505 g/mol. The van der Waals surface area contributed by atoms with E-state index in [0.29, 0.717) is 43.1 Å². The second-order valence-electron chi connectivity index (χ2n) is 11.1. The van der Waals surface area contributed by atoms with Gasteiger partial charge in [0.2, 0.25) is 11.9 Å². The van der Waals surface area contributed by atoms with Crippen molar-refractivity contribution in [1.82, 2.24) is 14.9 Å². The highest BCUT2D eigenvalue weighted by Crippen LogP contribution is 2.42. The summed E-state index contributed by atoms with van der Waals surface area (Å²) < 4.78 is 0. The van der Waals surface area contributed by atoms with Gasteiger partial charge in [-0.1, -0.05) is 26.7 Å². The van der Waals surface area contributed by atoms with Gasteiger partial charge in [-0.2, -0.15) is 0 Å². The van der Waals surface area contributed by atoms with Crippen molar-refractivity contribution in [3.8, 4) is 0 Å². The maximum absolute atomic E-state index is 12.6. The van der Waals surface area contributed by atoms with Crippen molar-refractivity contribution in [2.75, 3.05) is 36.4 Å². The number of fused-ring (bicyclic) bond motifs is 1. The van der Waals surface area contributed by atoms with E-state index in [9.17, 15) is 9.90 Å². The van der Waals surface area contributed by atoms with Crippen LogP contribution in [-0.4, -0.2) is 58.1 Å². The minimum Gasteiger partial charge on any atom is -0.512 e. The number of rotatable bonds is 7. The van der Waals surface area contributed by atoms with Crippen LogP contribution in [0.15, 0.2) is 36.2 Å². The van der Waals surface area contributed by atoms with Crippen molar-refractivity contribution in [2.45, 2.75) is 64.8 Å². The lowest BCUT2D eigenvalue weighted by molar-refractivity contribution is -0.133. The molecule has 0 radical (unpaired) electrons. The van der Waals surface area contributed by atoms with Crippen LogP contribution in [0.25, 0.3) is 5.57 Å². The van der Waals surface area contributed by atoms with Gasteiger partial charge in [0.15, 0.2) is 0 Å². The number of benzene rings is 1. The van der Waals surface area contributed by atoms with Gasteiger partial charge in [0.1, 0.15) is 0 Å². The number of aliphatic hydroxyl groups is 1. The topological polar surface area (TPSA) is 108 Å². The number of allylic oxidation sites excluding steroid dienone is 2. The quantitative estimate of drug-likeness (QED) is 0.504. The summed E-state index contributed by atoms with van der Waals surface area (Å²) in [6.07, 6.45) is 8.79. The molecule has 1 amide bonds. The van der Waals surface area contributed by atoms with Crippen LogP contribution in [0.3, 0.4) is 0 Å². The molecule has 4 N–H and O–H groups in total. The average Bonchev–Trinajstić information content (AvgIpc) is 3.43. The standard InChI is InChI=1S/C29H40N6O2/c1-19(2)17-24(30)28(37)35-15-13-34(14-16-35)23-10-8-22(9-11-23)32-29-31-18-21-7-12-25(36)26(27(21)33-29)20-5-3-4-6-20/h8-11,18-20,24,36H,3-7,12-17,30H2,1-2H3,(H,31,32,33). The van der Waals surface area contributed by atoms with Crippen LogP contribution in [0.2, 0.25) is 0 Å². The Balaban J connectivity index is 1.21. The molecule has 1 aromatic heterocycles. The molecular weight excluding hydrogens is 464 g/mol. The molecule has 8 heteroatoms. The minimum atomic E-state index is -0.406. The Labute approximate surface area is 220 Å². The van der Waals surface area contributed by atoms with Crippen LogP contribution in [0.4, 0.5) is 17.3 Å². The molecule has 1 aromatic carbocycles. The van der Waals surface area contributed by atoms with Crippen LogP contribution in [0, 0.1) is 11.8 Å². The highest BCUT2D eigenvalue weighted by atomic mass is 16.3. The number of hydrogen-bond donors (Lipinski definition) is 3. The molecule has 2 heterocycles. The van der Waals surface area contributed by atoms with Gasteiger partial charge in [0, 0.05) is 55.7 Å². The molecule has 37 heavy (non-hydrogen) atoms. The number of nitrogens with zero attached hydrogens (tertiary/aromatic N) is 4. The van der Waals surface area contributed by atoms with Gasteiger partial charge in [-0.3, -0.25) is 4.79 Å². The summed E-state index contributed by atoms with van der Waals surface area (Å²) in [4.78, 5) is 26.3. The molecule has 1 aliphatic heterocycles. The van der Waals surface area contributed by atoms with Crippen molar-refractivity contribution in [3.05, 3.63) is 47.5 Å². The lowest BCUT2D eigenvalue weighted by Gasteiger charge is -2.37. The lowest BCUT2D eigenvalue weighted by Crippen LogP contribution is -2.53. The maximum Gasteiger partial charge on any atom is 0.239 e. The van der Waals surface area contributed by atoms with Gasteiger partial charge in [-0.05, 0) is 67.3 Å². The molecule has 8 nitrogen and oxygen atoms in total. The molecule has 0 spiro atoms. The second-order valence-corrected chi connectivity index (χ2v) is 11.1. The van der Waals surface area contributed by atoms with Crippen molar-refractivity contribution in [1.29, 1.82) is 0 Å². The second kappa shape index (κ2) is 11.1. The van der Waals surface area contributed by atoms with Crippen molar-refractivity contribution in [3.63, 3.8) is 0 Å². The summed E-state index contributed by atoms with van der Waals surface area (Å²) in [5.74, 6) is 1.95. The maximum atomic E-state index is 12.6. The molecule has 1 atom stereocenters. The highest BCUT2D eigenvalue weighted by Gasteiger charge is 2.30. The Bertz CT molecular complexity index is 1130. The van der Waals surface area contributed by atoms with E-state index in [1.807, 2.05) is 23.2 Å². The summed E-state index contributed by atoms with van der Waals surface area (Å²) >= 11 is 0. The molecule has 1 unspecified atom stereocenters. The number of anilines is 3. The molecule has 2 aliphatic carbocycles. The van der Waals surface area contributed by atoms with E-state index in [4.69, 9.17) is 10.7 Å². The molecule has 2 fully saturated rings. The lowest BCUT2D eigenvalue weighted by atomic mass is 9.85. The molecule has 0 bridgehead atoms. The third-order valence-corrected chi connectivity index (χ3v) is 7.95. The fraction of sp³-hybridized carbons (Fsp3) is 0.552. The first-order valence-electron chi connectivity index (χ1n) is 13.8. The SMILES string of the molecule is CC(C)CC(N)C(=O)N1CCN(c2ccc(Nc3ncc4c(n3)C(C3CCCC3)=C(O)CC4)cc2)CC1. The molecule has 3 aliphatic rings. The van der Waals surface area contributed by atoms with Gasteiger partial charge in [-0.15, -0.1) is 0 Å². The summed E-state index contributed by atoms with van der Waals surface area (Å²) in [6, 6.07) is 7.87. The largest absolute Gasteiger partial charge is 0.512 e. The summed E-state index contributed by atoms with van der Waals surface area (Å²) in [5, 5.41) is 14.0. The van der Waals surface area contributed by atoms with Crippen LogP contribution in [-0.2, 0) is 11.2 Å². The van der Waals surface area contributed by atoms with Crippen LogP contribution in [0.5, 0.6) is 0 Å². The predicted octanol–water partition coefficient (Wildman–Crippen LogP) is 4.65. The first-order valence-corrected chi connectivity index (χ1v) is 13.8. The molecular formula is C29H40N6O2. The fourth-order valence-corrected chi connectivity index (χ4v) is 5.96. The highest BCUT2D eigenvalue weighted by molar-refractivity contribution is 5.82. The number of amides is 1. The number of carbonyl (C=O) groups is 1. The number of nitrogens with two attached hydrogens (primary N) is 1. The van der Waals surface area contributed by atoms with E-state index in [1.165, 1.54) is 12.8 Å².